The van der Waals surface area contributed by atoms with Gasteiger partial charge in [0.15, 0.2) is 0 Å². The van der Waals surface area contributed by atoms with E-state index >= 15 is 0 Å². The lowest BCUT2D eigenvalue weighted by Crippen LogP contribution is -1.83. The van der Waals surface area contributed by atoms with Crippen molar-refractivity contribution in [2.24, 2.45) is 0 Å². The van der Waals surface area contributed by atoms with Gasteiger partial charge in [-0.05, 0) is 35.4 Å². The zero-order valence-electron chi connectivity index (χ0n) is 8.98. The molecule has 3 heteroatoms. The summed E-state index contributed by atoms with van der Waals surface area (Å²) in [7, 11) is 0. The van der Waals surface area contributed by atoms with E-state index in [1.54, 1.807) is 0 Å². The molecule has 0 saturated heterocycles. The minimum absolute atomic E-state index is 0.413. The Balaban J connectivity index is 2.29. The van der Waals surface area contributed by atoms with E-state index in [2.05, 4.69) is 0 Å². The summed E-state index contributed by atoms with van der Waals surface area (Å²) in [5.74, 6) is 0. The van der Waals surface area contributed by atoms with Crippen LogP contribution in [0.15, 0.2) is 52.9 Å². The Kier molecular flexibility index (Phi) is 2.30. The van der Waals surface area contributed by atoms with Crippen LogP contribution in [0.4, 0.5) is 5.69 Å². The standard InChI is InChI=1S/C14H10ClNO/c15-14-13(9-5-7-10(16)8-6-9)11-3-1-2-4-12(11)17-14/h1-8H,16H2. The lowest BCUT2D eigenvalue weighted by atomic mass is 10.0. The van der Waals surface area contributed by atoms with Gasteiger partial charge in [-0.3, -0.25) is 0 Å². The fraction of sp³-hybridized carbons (Fsp3) is 0. The molecule has 1 aromatic heterocycles. The molecule has 0 atom stereocenters. The lowest BCUT2D eigenvalue weighted by Gasteiger charge is -2.00. The molecule has 2 N–H and O–H groups in total. The number of anilines is 1. The number of nitrogens with two attached hydrogens (primary N) is 1. The Hall–Kier alpha value is -1.93. The van der Waals surface area contributed by atoms with Crippen molar-refractivity contribution in [3.63, 3.8) is 0 Å². The summed E-state index contributed by atoms with van der Waals surface area (Å²) in [6.07, 6.45) is 0. The van der Waals surface area contributed by atoms with Gasteiger partial charge in [-0.2, -0.15) is 0 Å². The molecule has 0 unspecified atom stereocenters. The second-order valence-electron chi connectivity index (χ2n) is 3.87. The number of rotatable bonds is 1. The van der Waals surface area contributed by atoms with E-state index in [0.717, 1.165) is 27.8 Å². The molecule has 0 aliphatic rings. The van der Waals surface area contributed by atoms with E-state index in [9.17, 15) is 0 Å². The van der Waals surface area contributed by atoms with Crippen molar-refractivity contribution < 1.29 is 4.42 Å². The van der Waals surface area contributed by atoms with Crippen LogP contribution >= 0.6 is 11.6 Å². The van der Waals surface area contributed by atoms with Crippen LogP contribution in [0.1, 0.15) is 0 Å². The Morgan fingerprint density at radius 1 is 0.941 bits per heavy atom. The number of benzene rings is 2. The number of para-hydroxylation sites is 1. The predicted octanol–water partition coefficient (Wildman–Crippen LogP) is 4.34. The maximum Gasteiger partial charge on any atom is 0.202 e. The van der Waals surface area contributed by atoms with Gasteiger partial charge in [-0.25, -0.2) is 0 Å². The van der Waals surface area contributed by atoms with Crippen LogP contribution < -0.4 is 5.73 Å². The van der Waals surface area contributed by atoms with Crippen LogP contribution in [0.2, 0.25) is 5.22 Å². The van der Waals surface area contributed by atoms with E-state index in [0.29, 0.717) is 5.22 Å². The van der Waals surface area contributed by atoms with Crippen LogP contribution in [0, 0.1) is 0 Å². The highest BCUT2D eigenvalue weighted by Crippen LogP contribution is 2.37. The van der Waals surface area contributed by atoms with Gasteiger partial charge >= 0.3 is 0 Å². The van der Waals surface area contributed by atoms with Gasteiger partial charge in [-0.15, -0.1) is 0 Å². The molecule has 3 rings (SSSR count). The third-order valence-electron chi connectivity index (χ3n) is 2.75. The number of hydrogen-bond donors (Lipinski definition) is 1. The normalized spacial score (nSPS) is 10.9. The fourth-order valence-corrected chi connectivity index (χ4v) is 2.23. The largest absolute Gasteiger partial charge is 0.444 e. The van der Waals surface area contributed by atoms with Gasteiger partial charge in [0, 0.05) is 16.6 Å². The molecular formula is C14H10ClNO. The average Bonchev–Trinajstić information content (AvgIpc) is 2.66. The first-order valence-corrected chi connectivity index (χ1v) is 5.66. The van der Waals surface area contributed by atoms with E-state index in [1.165, 1.54) is 0 Å². The molecule has 0 bridgehead atoms. The van der Waals surface area contributed by atoms with E-state index < -0.39 is 0 Å². The van der Waals surface area contributed by atoms with Gasteiger partial charge in [0.25, 0.3) is 0 Å². The number of nitrogen functional groups attached to an aromatic ring is 1. The molecule has 0 amide bonds. The summed E-state index contributed by atoms with van der Waals surface area (Å²) in [6, 6.07) is 15.4. The quantitative estimate of drug-likeness (QED) is 0.646. The summed E-state index contributed by atoms with van der Waals surface area (Å²) >= 11 is 6.14. The number of furan rings is 1. The molecule has 0 spiro atoms. The number of hydrogen-bond acceptors (Lipinski definition) is 2. The van der Waals surface area contributed by atoms with Crippen molar-refractivity contribution in [1.29, 1.82) is 0 Å². The summed E-state index contributed by atoms with van der Waals surface area (Å²) < 4.78 is 5.52. The predicted molar refractivity (Wildman–Crippen MR) is 71.1 cm³/mol. The first-order chi connectivity index (χ1) is 8.25. The van der Waals surface area contributed by atoms with Gasteiger partial charge in [0.05, 0.1) is 0 Å². The SMILES string of the molecule is Nc1ccc(-c2c(Cl)oc3ccccc23)cc1. The first-order valence-electron chi connectivity index (χ1n) is 5.28. The lowest BCUT2D eigenvalue weighted by molar-refractivity contribution is 0.619. The van der Waals surface area contributed by atoms with Crippen molar-refractivity contribution in [3.8, 4) is 11.1 Å². The Labute approximate surface area is 104 Å². The second kappa shape index (κ2) is 3.82. The van der Waals surface area contributed by atoms with Crippen LogP contribution in [0.25, 0.3) is 22.1 Å². The Bertz CT molecular complexity index is 670. The molecule has 0 fully saturated rings. The van der Waals surface area contributed by atoms with Gasteiger partial charge in [0.2, 0.25) is 5.22 Å². The Morgan fingerprint density at radius 2 is 1.65 bits per heavy atom. The maximum atomic E-state index is 6.14. The van der Waals surface area contributed by atoms with Crippen molar-refractivity contribution in [2.75, 3.05) is 5.73 Å². The third-order valence-corrected chi connectivity index (χ3v) is 3.02. The zero-order chi connectivity index (χ0) is 11.8. The highest BCUT2D eigenvalue weighted by molar-refractivity contribution is 6.33. The summed E-state index contributed by atoms with van der Waals surface area (Å²) in [4.78, 5) is 0. The molecule has 3 aromatic rings. The summed E-state index contributed by atoms with van der Waals surface area (Å²) in [5.41, 5.74) is 9.13. The number of halogens is 1. The second-order valence-corrected chi connectivity index (χ2v) is 4.21. The van der Waals surface area contributed by atoms with Crippen molar-refractivity contribution in [3.05, 3.63) is 53.8 Å². The first kappa shape index (κ1) is 10.2. The van der Waals surface area contributed by atoms with Crippen molar-refractivity contribution in [2.45, 2.75) is 0 Å². The number of fused-ring (bicyclic) bond motifs is 1. The average molecular weight is 244 g/mol. The van der Waals surface area contributed by atoms with E-state index in [-0.39, 0.29) is 0 Å². The highest BCUT2D eigenvalue weighted by atomic mass is 35.5. The molecule has 0 aliphatic carbocycles. The molecule has 0 aliphatic heterocycles. The molecule has 2 aromatic carbocycles. The van der Waals surface area contributed by atoms with Crippen LogP contribution in [0.3, 0.4) is 0 Å². The third kappa shape index (κ3) is 1.67. The van der Waals surface area contributed by atoms with Crippen LogP contribution in [-0.4, -0.2) is 0 Å². The molecule has 17 heavy (non-hydrogen) atoms. The van der Waals surface area contributed by atoms with Gasteiger partial charge < -0.3 is 10.2 Å². The molecular weight excluding hydrogens is 234 g/mol. The van der Waals surface area contributed by atoms with Crippen molar-refractivity contribution >= 4 is 28.3 Å². The maximum absolute atomic E-state index is 6.14. The van der Waals surface area contributed by atoms with E-state index in [4.69, 9.17) is 21.8 Å². The molecule has 0 radical (unpaired) electrons. The summed E-state index contributed by atoms with van der Waals surface area (Å²) in [6.45, 7) is 0. The summed E-state index contributed by atoms with van der Waals surface area (Å²) in [5, 5.41) is 1.43. The van der Waals surface area contributed by atoms with E-state index in [1.807, 2.05) is 48.5 Å². The highest BCUT2D eigenvalue weighted by Gasteiger charge is 2.13. The zero-order valence-corrected chi connectivity index (χ0v) is 9.74. The molecule has 0 saturated carbocycles. The Morgan fingerprint density at radius 3 is 2.41 bits per heavy atom. The van der Waals surface area contributed by atoms with Crippen LogP contribution in [0.5, 0.6) is 0 Å². The minimum atomic E-state index is 0.413. The smallest absolute Gasteiger partial charge is 0.202 e. The topological polar surface area (TPSA) is 39.2 Å². The molecule has 1 heterocycles. The monoisotopic (exact) mass is 243 g/mol. The minimum Gasteiger partial charge on any atom is -0.444 e. The van der Waals surface area contributed by atoms with Crippen molar-refractivity contribution in [1.82, 2.24) is 0 Å². The fourth-order valence-electron chi connectivity index (χ4n) is 1.93. The van der Waals surface area contributed by atoms with Gasteiger partial charge in [-0.1, -0.05) is 30.3 Å². The van der Waals surface area contributed by atoms with Gasteiger partial charge in [0.1, 0.15) is 5.58 Å². The molecule has 2 nitrogen and oxygen atoms in total. The molecule has 84 valence electrons. The van der Waals surface area contributed by atoms with Crippen LogP contribution in [-0.2, 0) is 0 Å².